The summed E-state index contributed by atoms with van der Waals surface area (Å²) in [7, 11) is 0. The van der Waals surface area contributed by atoms with E-state index in [0.717, 1.165) is 41.6 Å². The van der Waals surface area contributed by atoms with Gasteiger partial charge >= 0.3 is 0 Å². The van der Waals surface area contributed by atoms with Crippen LogP contribution in [0.25, 0.3) is 11.0 Å². The third-order valence-electron chi connectivity index (χ3n) is 4.85. The fraction of sp³-hybridized carbons (Fsp3) is 0.312. The van der Waals surface area contributed by atoms with Crippen molar-refractivity contribution in [3.63, 3.8) is 0 Å². The number of amides is 1. The summed E-state index contributed by atoms with van der Waals surface area (Å²) in [6, 6.07) is 5.90. The number of fused-ring (bicyclic) bond motifs is 5. The Balaban J connectivity index is 1.55. The first-order valence-electron chi connectivity index (χ1n) is 7.65. The average Bonchev–Trinajstić information content (AvgIpc) is 3.17. The molecule has 0 unspecified atom stereocenters. The molecule has 0 N–H and O–H groups in total. The normalized spacial score (nSPS) is 22.3. The molecule has 1 amide bonds. The van der Waals surface area contributed by atoms with Crippen LogP contribution >= 0.6 is 11.7 Å². The Morgan fingerprint density at radius 3 is 3.09 bits per heavy atom. The van der Waals surface area contributed by atoms with Gasteiger partial charge < -0.3 is 4.90 Å². The van der Waals surface area contributed by atoms with Gasteiger partial charge in [0, 0.05) is 29.8 Å². The largest absolute Gasteiger partial charge is 0.328 e. The van der Waals surface area contributed by atoms with Gasteiger partial charge in [0.1, 0.15) is 17.4 Å². The van der Waals surface area contributed by atoms with Crippen LogP contribution in [0.15, 0.2) is 30.7 Å². The Hall–Kier alpha value is -2.41. The highest BCUT2D eigenvalue weighted by Crippen LogP contribution is 2.43. The van der Waals surface area contributed by atoms with Crippen LogP contribution < -0.4 is 0 Å². The zero-order valence-electron chi connectivity index (χ0n) is 12.2. The zero-order chi connectivity index (χ0) is 15.4. The average molecular weight is 323 g/mol. The highest BCUT2D eigenvalue weighted by molar-refractivity contribution is 7.00. The van der Waals surface area contributed by atoms with Crippen LogP contribution in [0.5, 0.6) is 0 Å². The first-order valence-corrected chi connectivity index (χ1v) is 8.38. The molecule has 5 rings (SSSR count). The second-order valence-electron chi connectivity index (χ2n) is 6.06. The van der Waals surface area contributed by atoms with Gasteiger partial charge in [0.25, 0.3) is 5.91 Å². The molecule has 0 spiro atoms. The second kappa shape index (κ2) is 4.79. The lowest BCUT2D eigenvalue weighted by atomic mass is 9.98. The van der Waals surface area contributed by atoms with Gasteiger partial charge in [0.2, 0.25) is 0 Å². The van der Waals surface area contributed by atoms with E-state index in [1.807, 2.05) is 29.3 Å². The van der Waals surface area contributed by atoms with E-state index >= 15 is 0 Å². The smallest absolute Gasteiger partial charge is 0.254 e. The molecule has 3 aromatic rings. The quantitative estimate of drug-likeness (QED) is 0.687. The van der Waals surface area contributed by atoms with E-state index in [4.69, 9.17) is 0 Å². The minimum Gasteiger partial charge on any atom is -0.328 e. The first kappa shape index (κ1) is 13.1. The van der Waals surface area contributed by atoms with E-state index in [1.165, 1.54) is 11.7 Å². The Labute approximate surface area is 136 Å². The molecule has 2 aliphatic rings. The summed E-state index contributed by atoms with van der Waals surface area (Å²) in [6.07, 6.45) is 6.28. The summed E-state index contributed by atoms with van der Waals surface area (Å²) in [5.74, 6) is 0.0712. The highest BCUT2D eigenvalue weighted by atomic mass is 32.1. The maximum absolute atomic E-state index is 13.1. The van der Waals surface area contributed by atoms with Crippen molar-refractivity contribution in [2.24, 2.45) is 0 Å². The van der Waals surface area contributed by atoms with Crippen molar-refractivity contribution in [2.45, 2.75) is 31.3 Å². The van der Waals surface area contributed by atoms with Crippen LogP contribution in [0.3, 0.4) is 0 Å². The predicted molar refractivity (Wildman–Crippen MR) is 85.1 cm³/mol. The number of benzene rings is 1. The molecule has 2 bridgehead atoms. The van der Waals surface area contributed by atoms with Crippen molar-refractivity contribution in [3.05, 3.63) is 47.5 Å². The van der Waals surface area contributed by atoms with Gasteiger partial charge in [-0.3, -0.25) is 4.79 Å². The van der Waals surface area contributed by atoms with Gasteiger partial charge in [-0.1, -0.05) is 0 Å². The van der Waals surface area contributed by atoms with Crippen LogP contribution in [0, 0.1) is 0 Å². The highest BCUT2D eigenvalue weighted by Gasteiger charge is 2.43. The molecule has 2 aromatic heterocycles. The maximum atomic E-state index is 13.1. The molecule has 2 aliphatic heterocycles. The second-order valence-corrected chi connectivity index (χ2v) is 6.58. The molecule has 1 saturated heterocycles. The Kier molecular flexibility index (Phi) is 2.72. The van der Waals surface area contributed by atoms with Gasteiger partial charge in [-0.15, -0.1) is 0 Å². The SMILES string of the molecule is O=C(c1ccc2nsnc2c1)N1[C@H]2CC[C@H]1c1cncnc1C2. The summed E-state index contributed by atoms with van der Waals surface area (Å²) >= 11 is 1.17. The van der Waals surface area contributed by atoms with Gasteiger partial charge in [-0.2, -0.15) is 8.75 Å². The first-order chi connectivity index (χ1) is 11.3. The molecule has 23 heavy (non-hydrogen) atoms. The van der Waals surface area contributed by atoms with E-state index < -0.39 is 0 Å². The molecular weight excluding hydrogens is 310 g/mol. The lowest BCUT2D eigenvalue weighted by Gasteiger charge is -2.35. The molecule has 1 aromatic carbocycles. The number of carbonyl (C=O) groups is 1. The molecule has 1 fully saturated rings. The van der Waals surface area contributed by atoms with E-state index in [9.17, 15) is 4.79 Å². The van der Waals surface area contributed by atoms with Crippen molar-refractivity contribution < 1.29 is 4.79 Å². The minimum absolute atomic E-state index is 0.0712. The number of hydrogen-bond donors (Lipinski definition) is 0. The molecular formula is C16H13N5OS. The number of hydrogen-bond acceptors (Lipinski definition) is 6. The fourth-order valence-electron chi connectivity index (χ4n) is 3.80. The van der Waals surface area contributed by atoms with Gasteiger partial charge in [0.15, 0.2) is 0 Å². The van der Waals surface area contributed by atoms with E-state index in [2.05, 4.69) is 18.7 Å². The summed E-state index contributed by atoms with van der Waals surface area (Å²) < 4.78 is 8.43. The minimum atomic E-state index is 0.0712. The van der Waals surface area contributed by atoms with E-state index in [0.29, 0.717) is 5.56 Å². The number of carbonyl (C=O) groups excluding carboxylic acids is 1. The lowest BCUT2D eigenvalue weighted by Crippen LogP contribution is -2.42. The Morgan fingerprint density at radius 2 is 2.13 bits per heavy atom. The molecule has 0 saturated carbocycles. The fourth-order valence-corrected chi connectivity index (χ4v) is 4.32. The third kappa shape index (κ3) is 1.89. The van der Waals surface area contributed by atoms with E-state index in [-0.39, 0.29) is 18.0 Å². The van der Waals surface area contributed by atoms with Crippen molar-refractivity contribution in [2.75, 3.05) is 0 Å². The van der Waals surface area contributed by atoms with E-state index in [1.54, 1.807) is 6.33 Å². The zero-order valence-corrected chi connectivity index (χ0v) is 13.0. The number of rotatable bonds is 1. The molecule has 0 aliphatic carbocycles. The van der Waals surface area contributed by atoms with Crippen molar-refractivity contribution >= 4 is 28.7 Å². The van der Waals surface area contributed by atoms with Crippen LogP contribution in [-0.2, 0) is 6.42 Å². The molecule has 7 heteroatoms. The van der Waals surface area contributed by atoms with Crippen LogP contribution in [0.4, 0.5) is 0 Å². The molecule has 2 atom stereocenters. The van der Waals surface area contributed by atoms with Crippen LogP contribution in [0.1, 0.15) is 40.5 Å². The molecule has 114 valence electrons. The van der Waals surface area contributed by atoms with Crippen molar-refractivity contribution in [1.82, 2.24) is 23.6 Å². The molecule has 4 heterocycles. The van der Waals surface area contributed by atoms with Crippen molar-refractivity contribution in [1.29, 1.82) is 0 Å². The lowest BCUT2D eigenvalue weighted by molar-refractivity contribution is 0.0644. The molecule has 6 nitrogen and oxygen atoms in total. The van der Waals surface area contributed by atoms with Gasteiger partial charge in [-0.05, 0) is 31.0 Å². The Bertz CT molecular complexity index is 923. The van der Waals surface area contributed by atoms with Crippen LogP contribution in [-0.4, -0.2) is 35.6 Å². The van der Waals surface area contributed by atoms with Crippen molar-refractivity contribution in [3.8, 4) is 0 Å². The number of nitrogens with zero attached hydrogens (tertiary/aromatic N) is 5. The number of aromatic nitrogens is 4. The Morgan fingerprint density at radius 1 is 1.22 bits per heavy atom. The summed E-state index contributed by atoms with van der Waals surface area (Å²) in [6.45, 7) is 0. The standard InChI is InChI=1S/C16H13N5OS/c22-16(9-1-3-12-14(5-9)20-23-19-12)21-10-2-4-15(21)11-7-17-8-18-13(11)6-10/h1,3,5,7-8,10,15H,2,4,6H2/t10-,15-/m0/s1. The maximum Gasteiger partial charge on any atom is 0.254 e. The molecule has 0 radical (unpaired) electrons. The predicted octanol–water partition coefficient (Wildman–Crippen LogP) is 2.38. The third-order valence-corrected chi connectivity index (χ3v) is 5.41. The summed E-state index contributed by atoms with van der Waals surface area (Å²) in [5.41, 5.74) is 4.50. The summed E-state index contributed by atoms with van der Waals surface area (Å²) in [4.78, 5) is 23.6. The van der Waals surface area contributed by atoms with Crippen LogP contribution in [0.2, 0.25) is 0 Å². The monoisotopic (exact) mass is 323 g/mol. The van der Waals surface area contributed by atoms with Gasteiger partial charge in [0.05, 0.1) is 23.5 Å². The summed E-state index contributed by atoms with van der Waals surface area (Å²) in [5, 5.41) is 0. The van der Waals surface area contributed by atoms with Gasteiger partial charge in [-0.25, -0.2) is 9.97 Å². The topological polar surface area (TPSA) is 71.9 Å².